The summed E-state index contributed by atoms with van der Waals surface area (Å²) in [6, 6.07) is 32.0. The highest BCUT2D eigenvalue weighted by Crippen LogP contribution is 2.14. The summed E-state index contributed by atoms with van der Waals surface area (Å²) < 4.78 is 10.4. The molecule has 0 unspecified atom stereocenters. The van der Waals surface area contributed by atoms with Gasteiger partial charge in [-0.15, -0.1) is 0 Å². The Bertz CT molecular complexity index is 1510. The number of anilines is 1. The molecule has 0 fully saturated rings. The normalized spacial score (nSPS) is 10.3. The van der Waals surface area contributed by atoms with Gasteiger partial charge in [-0.05, 0) is 47.0 Å². The van der Waals surface area contributed by atoms with Crippen molar-refractivity contribution < 1.29 is 28.7 Å². The van der Waals surface area contributed by atoms with E-state index in [4.69, 9.17) is 9.47 Å². The maximum absolute atomic E-state index is 12.9. The topological polar surface area (TPSA) is 123 Å². The van der Waals surface area contributed by atoms with Crippen LogP contribution in [0.1, 0.15) is 43.8 Å². The first kappa shape index (κ1) is 29.5. The van der Waals surface area contributed by atoms with E-state index in [2.05, 4.69) is 16.0 Å². The molecule has 4 aromatic rings. The minimum Gasteiger partial charge on any atom is -0.461 e. The van der Waals surface area contributed by atoms with Gasteiger partial charge in [0.2, 0.25) is 0 Å². The number of esters is 1. The summed E-state index contributed by atoms with van der Waals surface area (Å²) in [7, 11) is 0. The molecule has 0 bridgehead atoms. The number of carbonyl (C=O) groups is 4. The SMILES string of the molecule is O=C(CCNC(=O)c1cccc(NC(=O)c2cccc(CNC(=O)OCc3ccccc3)c2)c1)OCc1ccccc1. The number of rotatable bonds is 12. The largest absolute Gasteiger partial charge is 0.461 e. The molecule has 0 spiro atoms. The van der Waals surface area contributed by atoms with Crippen molar-refractivity contribution in [2.45, 2.75) is 26.2 Å². The maximum atomic E-state index is 12.9. The molecule has 4 rings (SSSR count). The molecule has 3 amide bonds. The highest BCUT2D eigenvalue weighted by molar-refractivity contribution is 6.05. The first-order valence-corrected chi connectivity index (χ1v) is 13.4. The van der Waals surface area contributed by atoms with E-state index in [0.717, 1.165) is 16.7 Å². The van der Waals surface area contributed by atoms with E-state index < -0.39 is 12.1 Å². The molecular weight excluding hydrogens is 534 g/mol. The predicted octanol–water partition coefficient (Wildman–Crippen LogP) is 5.23. The molecule has 0 aliphatic rings. The lowest BCUT2D eigenvalue weighted by Gasteiger charge is -2.10. The number of carbonyl (C=O) groups excluding carboxylic acids is 4. The lowest BCUT2D eigenvalue weighted by molar-refractivity contribution is -0.144. The summed E-state index contributed by atoms with van der Waals surface area (Å²) in [6.45, 7) is 0.636. The van der Waals surface area contributed by atoms with Crippen LogP contribution in [0, 0.1) is 0 Å². The Kier molecular flexibility index (Phi) is 10.8. The fourth-order valence-electron chi connectivity index (χ4n) is 3.90. The van der Waals surface area contributed by atoms with Gasteiger partial charge in [0.05, 0.1) is 6.42 Å². The third-order valence-corrected chi connectivity index (χ3v) is 6.08. The quantitative estimate of drug-likeness (QED) is 0.202. The second-order valence-corrected chi connectivity index (χ2v) is 9.30. The van der Waals surface area contributed by atoms with Crippen molar-refractivity contribution in [2.24, 2.45) is 0 Å². The highest BCUT2D eigenvalue weighted by Gasteiger charge is 2.12. The first-order valence-electron chi connectivity index (χ1n) is 13.4. The van der Waals surface area contributed by atoms with E-state index in [9.17, 15) is 19.2 Å². The Morgan fingerprint density at radius 2 is 1.17 bits per heavy atom. The molecule has 0 radical (unpaired) electrons. The fourth-order valence-corrected chi connectivity index (χ4v) is 3.90. The minimum absolute atomic E-state index is 0.0327. The molecule has 3 N–H and O–H groups in total. The first-order chi connectivity index (χ1) is 20.5. The van der Waals surface area contributed by atoms with Crippen molar-refractivity contribution in [1.29, 1.82) is 0 Å². The molecule has 9 nitrogen and oxygen atoms in total. The van der Waals surface area contributed by atoms with E-state index in [0.29, 0.717) is 16.8 Å². The second kappa shape index (κ2) is 15.4. The zero-order chi connectivity index (χ0) is 29.6. The van der Waals surface area contributed by atoms with Crippen LogP contribution in [-0.4, -0.2) is 30.4 Å². The Balaban J connectivity index is 1.22. The number of hydrogen-bond acceptors (Lipinski definition) is 6. The molecule has 0 heterocycles. The number of ether oxygens (including phenoxy) is 2. The van der Waals surface area contributed by atoms with Gasteiger partial charge < -0.3 is 25.4 Å². The molecule has 0 atom stereocenters. The fraction of sp³-hybridized carbons (Fsp3) is 0.152. The van der Waals surface area contributed by atoms with Crippen molar-refractivity contribution >= 4 is 29.6 Å². The Morgan fingerprint density at radius 1 is 0.571 bits per heavy atom. The van der Waals surface area contributed by atoms with Gasteiger partial charge in [-0.2, -0.15) is 0 Å². The molecule has 0 saturated heterocycles. The van der Waals surface area contributed by atoms with Gasteiger partial charge in [-0.1, -0.05) is 78.9 Å². The summed E-state index contributed by atoms with van der Waals surface area (Å²) >= 11 is 0. The minimum atomic E-state index is -0.562. The van der Waals surface area contributed by atoms with Crippen LogP contribution in [0.2, 0.25) is 0 Å². The zero-order valence-corrected chi connectivity index (χ0v) is 22.9. The molecule has 9 heteroatoms. The van der Waals surface area contributed by atoms with Crippen molar-refractivity contribution in [3.8, 4) is 0 Å². The van der Waals surface area contributed by atoms with E-state index in [1.165, 1.54) is 0 Å². The molecular formula is C33H31N3O6. The Labute approximate surface area is 243 Å². The van der Waals surface area contributed by atoms with Crippen LogP contribution in [0.15, 0.2) is 109 Å². The number of benzene rings is 4. The Morgan fingerprint density at radius 3 is 1.86 bits per heavy atom. The molecule has 0 saturated carbocycles. The van der Waals surface area contributed by atoms with Gasteiger partial charge in [-0.25, -0.2) is 4.79 Å². The molecule has 4 aromatic carbocycles. The molecule has 214 valence electrons. The van der Waals surface area contributed by atoms with Gasteiger partial charge in [0, 0.05) is 29.9 Å². The monoisotopic (exact) mass is 565 g/mol. The molecule has 42 heavy (non-hydrogen) atoms. The molecule has 0 aliphatic carbocycles. The van der Waals surface area contributed by atoms with Crippen LogP contribution in [-0.2, 0) is 34.0 Å². The third-order valence-electron chi connectivity index (χ3n) is 6.08. The smallest absolute Gasteiger partial charge is 0.407 e. The van der Waals surface area contributed by atoms with E-state index in [1.54, 1.807) is 48.5 Å². The van der Waals surface area contributed by atoms with Gasteiger partial charge in [0.25, 0.3) is 11.8 Å². The number of nitrogens with one attached hydrogen (secondary N) is 3. The van der Waals surface area contributed by atoms with Crippen molar-refractivity contribution in [2.75, 3.05) is 11.9 Å². The number of alkyl carbamates (subject to hydrolysis) is 1. The lowest BCUT2D eigenvalue weighted by Crippen LogP contribution is -2.26. The van der Waals surface area contributed by atoms with Crippen molar-refractivity contribution in [1.82, 2.24) is 10.6 Å². The Hall–Kier alpha value is -5.44. The number of hydrogen-bond donors (Lipinski definition) is 3. The molecule has 0 aliphatic heterocycles. The van der Waals surface area contributed by atoms with Crippen LogP contribution in [0.3, 0.4) is 0 Å². The van der Waals surface area contributed by atoms with E-state index >= 15 is 0 Å². The summed E-state index contributed by atoms with van der Waals surface area (Å²) in [6.07, 6.45) is -0.529. The van der Waals surface area contributed by atoms with Crippen LogP contribution in [0.5, 0.6) is 0 Å². The molecule has 0 aromatic heterocycles. The van der Waals surface area contributed by atoms with Gasteiger partial charge in [-0.3, -0.25) is 14.4 Å². The summed E-state index contributed by atoms with van der Waals surface area (Å²) in [5, 5.41) is 8.15. The van der Waals surface area contributed by atoms with E-state index in [-0.39, 0.29) is 44.5 Å². The average Bonchev–Trinajstić information content (AvgIpc) is 3.03. The second-order valence-electron chi connectivity index (χ2n) is 9.30. The highest BCUT2D eigenvalue weighted by atomic mass is 16.5. The standard InChI is InChI=1S/C33H31N3O6/c37-30(41-22-24-9-3-1-4-10-24)17-18-34-31(38)28-15-8-16-29(20-28)36-32(39)27-14-7-13-26(19-27)21-35-33(40)42-23-25-11-5-2-6-12-25/h1-16,19-20H,17-18,21-23H2,(H,34,38)(H,35,40)(H,36,39). The van der Waals surface area contributed by atoms with Gasteiger partial charge in [0.15, 0.2) is 0 Å². The van der Waals surface area contributed by atoms with Crippen molar-refractivity contribution in [3.05, 3.63) is 137 Å². The summed E-state index contributed by atoms with van der Waals surface area (Å²) in [4.78, 5) is 49.5. The van der Waals surface area contributed by atoms with E-state index in [1.807, 2.05) is 60.7 Å². The summed E-state index contributed by atoms with van der Waals surface area (Å²) in [5.41, 5.74) is 3.63. The zero-order valence-electron chi connectivity index (χ0n) is 22.9. The maximum Gasteiger partial charge on any atom is 0.407 e. The van der Waals surface area contributed by atoms with Crippen LogP contribution in [0.25, 0.3) is 0 Å². The summed E-state index contributed by atoms with van der Waals surface area (Å²) in [5.74, 6) is -1.17. The van der Waals surface area contributed by atoms with Crippen LogP contribution in [0.4, 0.5) is 10.5 Å². The van der Waals surface area contributed by atoms with Gasteiger partial charge in [0.1, 0.15) is 13.2 Å². The average molecular weight is 566 g/mol. The van der Waals surface area contributed by atoms with Crippen LogP contribution >= 0.6 is 0 Å². The number of amides is 3. The van der Waals surface area contributed by atoms with Gasteiger partial charge >= 0.3 is 12.1 Å². The lowest BCUT2D eigenvalue weighted by atomic mass is 10.1. The van der Waals surface area contributed by atoms with Crippen LogP contribution < -0.4 is 16.0 Å². The predicted molar refractivity (Wildman–Crippen MR) is 157 cm³/mol. The third kappa shape index (κ3) is 9.63. The van der Waals surface area contributed by atoms with Crippen molar-refractivity contribution in [3.63, 3.8) is 0 Å².